The van der Waals surface area contributed by atoms with E-state index in [2.05, 4.69) is 0 Å². The van der Waals surface area contributed by atoms with E-state index >= 15 is 0 Å². The lowest BCUT2D eigenvalue weighted by Crippen LogP contribution is -1.97. The summed E-state index contributed by atoms with van der Waals surface area (Å²) in [6.45, 7) is 1.72. The van der Waals surface area contributed by atoms with Crippen molar-refractivity contribution in [3.63, 3.8) is 0 Å². The number of carboxylic acid groups (broad SMARTS) is 1. The second kappa shape index (κ2) is 5.51. The van der Waals surface area contributed by atoms with Crippen molar-refractivity contribution in [2.45, 2.75) is 32.3 Å². The Hall–Kier alpha value is -1.35. The number of rotatable bonds is 5. The molecule has 1 rings (SSSR count). The maximum atomic E-state index is 10.3. The molecule has 0 radical (unpaired) electrons. The molecule has 3 nitrogen and oxygen atoms in total. The van der Waals surface area contributed by atoms with Gasteiger partial charge in [-0.15, -0.1) is 0 Å². The molecular formula is C12H16O3. The zero-order chi connectivity index (χ0) is 11.3. The van der Waals surface area contributed by atoms with Crippen molar-refractivity contribution in [2.24, 2.45) is 0 Å². The number of aliphatic hydroxyl groups is 1. The number of hydrogen-bond acceptors (Lipinski definition) is 2. The Kier molecular flexibility index (Phi) is 4.31. The van der Waals surface area contributed by atoms with Crippen LogP contribution in [0.1, 0.15) is 37.0 Å². The molecule has 0 bridgehead atoms. The first-order valence-electron chi connectivity index (χ1n) is 5.08. The average Bonchev–Trinajstić information content (AvgIpc) is 2.17. The van der Waals surface area contributed by atoms with Crippen LogP contribution in [0.3, 0.4) is 0 Å². The molecule has 0 aliphatic heterocycles. The summed E-state index contributed by atoms with van der Waals surface area (Å²) in [4.78, 5) is 10.3. The maximum Gasteiger partial charge on any atom is 0.303 e. The van der Waals surface area contributed by atoms with Crippen LogP contribution >= 0.6 is 0 Å². The Morgan fingerprint density at radius 2 is 2.20 bits per heavy atom. The van der Waals surface area contributed by atoms with Crippen molar-refractivity contribution in [2.75, 3.05) is 0 Å². The number of aryl methyl sites for hydroxylation is 1. The zero-order valence-corrected chi connectivity index (χ0v) is 8.81. The van der Waals surface area contributed by atoms with E-state index < -0.39 is 12.1 Å². The van der Waals surface area contributed by atoms with Crippen molar-refractivity contribution in [1.82, 2.24) is 0 Å². The van der Waals surface area contributed by atoms with Crippen molar-refractivity contribution in [1.29, 1.82) is 0 Å². The molecule has 0 aromatic heterocycles. The largest absolute Gasteiger partial charge is 0.481 e. The zero-order valence-electron chi connectivity index (χ0n) is 8.81. The fourth-order valence-electron chi connectivity index (χ4n) is 1.45. The average molecular weight is 208 g/mol. The fourth-order valence-corrected chi connectivity index (χ4v) is 1.45. The molecule has 0 aliphatic carbocycles. The normalized spacial score (nSPS) is 12.4. The van der Waals surface area contributed by atoms with E-state index in [1.54, 1.807) is 6.92 Å². The quantitative estimate of drug-likeness (QED) is 0.779. The molecule has 0 aliphatic rings. The molecule has 1 aromatic carbocycles. The lowest BCUT2D eigenvalue weighted by atomic mass is 10.0. The van der Waals surface area contributed by atoms with Crippen LogP contribution in [0, 0.1) is 0 Å². The molecule has 0 spiro atoms. The third kappa shape index (κ3) is 4.13. The Bertz CT molecular complexity index is 331. The van der Waals surface area contributed by atoms with Crippen LogP contribution in [0.15, 0.2) is 24.3 Å². The van der Waals surface area contributed by atoms with E-state index in [0.29, 0.717) is 6.42 Å². The first-order chi connectivity index (χ1) is 7.09. The monoisotopic (exact) mass is 208 g/mol. The topological polar surface area (TPSA) is 57.5 Å². The summed E-state index contributed by atoms with van der Waals surface area (Å²) >= 11 is 0. The SMILES string of the molecule is CC(O)c1cccc(CCCC(=O)O)c1. The summed E-state index contributed by atoms with van der Waals surface area (Å²) in [6, 6.07) is 7.63. The molecule has 0 heterocycles. The smallest absolute Gasteiger partial charge is 0.303 e. The second-order valence-corrected chi connectivity index (χ2v) is 3.67. The minimum absolute atomic E-state index is 0.193. The molecule has 0 saturated carbocycles. The van der Waals surface area contributed by atoms with E-state index in [9.17, 15) is 9.90 Å². The first-order valence-corrected chi connectivity index (χ1v) is 5.08. The number of benzene rings is 1. The molecule has 3 heteroatoms. The number of carboxylic acids is 1. The van der Waals surface area contributed by atoms with Crippen molar-refractivity contribution < 1.29 is 15.0 Å². The molecule has 1 atom stereocenters. The van der Waals surface area contributed by atoms with Gasteiger partial charge in [-0.1, -0.05) is 24.3 Å². The van der Waals surface area contributed by atoms with E-state index in [1.807, 2.05) is 24.3 Å². The summed E-state index contributed by atoms with van der Waals surface area (Å²) in [5, 5.41) is 17.9. The second-order valence-electron chi connectivity index (χ2n) is 3.67. The minimum atomic E-state index is -0.762. The summed E-state index contributed by atoms with van der Waals surface area (Å²) in [7, 11) is 0. The molecule has 1 unspecified atom stereocenters. The van der Waals surface area contributed by atoms with Gasteiger partial charge in [0.25, 0.3) is 0 Å². The van der Waals surface area contributed by atoms with Gasteiger partial charge in [-0.05, 0) is 30.9 Å². The Morgan fingerprint density at radius 3 is 2.80 bits per heavy atom. The number of aliphatic carboxylic acids is 1. The number of carbonyl (C=O) groups is 1. The van der Waals surface area contributed by atoms with E-state index in [0.717, 1.165) is 17.5 Å². The number of aliphatic hydroxyl groups excluding tert-OH is 1. The predicted octanol–water partition coefficient (Wildman–Crippen LogP) is 2.15. The molecular weight excluding hydrogens is 192 g/mol. The molecule has 1 aromatic rings. The molecule has 15 heavy (non-hydrogen) atoms. The van der Waals surface area contributed by atoms with E-state index in [1.165, 1.54) is 0 Å². The van der Waals surface area contributed by atoms with E-state index in [-0.39, 0.29) is 6.42 Å². The van der Waals surface area contributed by atoms with Crippen LogP contribution in [0.2, 0.25) is 0 Å². The van der Waals surface area contributed by atoms with Gasteiger partial charge in [-0.3, -0.25) is 4.79 Å². The first kappa shape index (κ1) is 11.7. The lowest BCUT2D eigenvalue weighted by Gasteiger charge is -2.06. The third-order valence-electron chi connectivity index (χ3n) is 2.29. The molecule has 0 saturated heterocycles. The van der Waals surface area contributed by atoms with Gasteiger partial charge in [0.1, 0.15) is 0 Å². The fraction of sp³-hybridized carbons (Fsp3) is 0.417. The number of hydrogen-bond donors (Lipinski definition) is 2. The van der Waals surface area contributed by atoms with Gasteiger partial charge in [0, 0.05) is 6.42 Å². The van der Waals surface area contributed by atoms with Gasteiger partial charge in [0.05, 0.1) is 6.10 Å². The van der Waals surface area contributed by atoms with Gasteiger partial charge in [-0.2, -0.15) is 0 Å². The highest BCUT2D eigenvalue weighted by Crippen LogP contribution is 2.15. The summed E-state index contributed by atoms with van der Waals surface area (Å²) in [6.07, 6.45) is 1.11. The van der Waals surface area contributed by atoms with Gasteiger partial charge in [0.15, 0.2) is 0 Å². The van der Waals surface area contributed by atoms with E-state index in [4.69, 9.17) is 5.11 Å². The van der Waals surface area contributed by atoms with Gasteiger partial charge >= 0.3 is 5.97 Å². The molecule has 2 N–H and O–H groups in total. The lowest BCUT2D eigenvalue weighted by molar-refractivity contribution is -0.137. The molecule has 0 fully saturated rings. The van der Waals surface area contributed by atoms with Crippen molar-refractivity contribution >= 4 is 5.97 Å². The summed E-state index contributed by atoms with van der Waals surface area (Å²) in [5.41, 5.74) is 1.96. The van der Waals surface area contributed by atoms with Crippen LogP contribution in [0.4, 0.5) is 0 Å². The summed E-state index contributed by atoms with van der Waals surface area (Å²) < 4.78 is 0. The van der Waals surface area contributed by atoms with Crippen LogP contribution in [-0.2, 0) is 11.2 Å². The maximum absolute atomic E-state index is 10.3. The molecule has 82 valence electrons. The minimum Gasteiger partial charge on any atom is -0.481 e. The van der Waals surface area contributed by atoms with Crippen LogP contribution in [-0.4, -0.2) is 16.2 Å². The van der Waals surface area contributed by atoms with Crippen LogP contribution in [0.5, 0.6) is 0 Å². The highest BCUT2D eigenvalue weighted by Gasteiger charge is 2.02. The Morgan fingerprint density at radius 1 is 1.47 bits per heavy atom. The molecule has 0 amide bonds. The van der Waals surface area contributed by atoms with Crippen LogP contribution in [0.25, 0.3) is 0 Å². The van der Waals surface area contributed by atoms with Gasteiger partial charge in [0.2, 0.25) is 0 Å². The standard InChI is InChI=1S/C12H16O3/c1-9(13)11-6-2-4-10(8-11)5-3-7-12(14)15/h2,4,6,8-9,13H,3,5,7H2,1H3,(H,14,15). The van der Waals surface area contributed by atoms with Gasteiger partial charge < -0.3 is 10.2 Å². The Labute approximate surface area is 89.4 Å². The summed E-state index contributed by atoms with van der Waals surface area (Å²) in [5.74, 6) is -0.762. The third-order valence-corrected chi connectivity index (χ3v) is 2.29. The predicted molar refractivity (Wildman–Crippen MR) is 57.6 cm³/mol. The highest BCUT2D eigenvalue weighted by molar-refractivity contribution is 5.66. The van der Waals surface area contributed by atoms with Crippen molar-refractivity contribution in [3.8, 4) is 0 Å². The van der Waals surface area contributed by atoms with Gasteiger partial charge in [-0.25, -0.2) is 0 Å². The highest BCUT2D eigenvalue weighted by atomic mass is 16.4. The Balaban J connectivity index is 2.54. The van der Waals surface area contributed by atoms with Crippen molar-refractivity contribution in [3.05, 3.63) is 35.4 Å². The van der Waals surface area contributed by atoms with Crippen LogP contribution < -0.4 is 0 Å².